The van der Waals surface area contributed by atoms with E-state index in [0.717, 1.165) is 29.8 Å². The van der Waals surface area contributed by atoms with Crippen molar-refractivity contribution in [3.63, 3.8) is 0 Å². The van der Waals surface area contributed by atoms with E-state index >= 15 is 0 Å². The second kappa shape index (κ2) is 6.65. The van der Waals surface area contributed by atoms with Gasteiger partial charge in [0.2, 0.25) is 0 Å². The summed E-state index contributed by atoms with van der Waals surface area (Å²) in [5, 5.41) is 0. The van der Waals surface area contributed by atoms with Gasteiger partial charge in [0.1, 0.15) is 11.4 Å². The van der Waals surface area contributed by atoms with Crippen LogP contribution in [0.15, 0.2) is 48.5 Å². The number of esters is 1. The average molecular weight is 325 g/mol. The van der Waals surface area contributed by atoms with E-state index in [1.54, 1.807) is 7.11 Å². The Hall–Kier alpha value is -2.33. The Morgan fingerprint density at radius 1 is 1.12 bits per heavy atom. The molecule has 0 aliphatic carbocycles. The van der Waals surface area contributed by atoms with Crippen LogP contribution in [0.25, 0.3) is 0 Å². The number of benzene rings is 2. The number of fused-ring (bicyclic) bond motifs is 1. The molecule has 1 aliphatic rings. The van der Waals surface area contributed by atoms with Crippen molar-refractivity contribution in [2.75, 3.05) is 27.7 Å². The lowest BCUT2D eigenvalue weighted by atomic mass is 9.80. The summed E-state index contributed by atoms with van der Waals surface area (Å²) in [4.78, 5) is 14.7. The van der Waals surface area contributed by atoms with Crippen molar-refractivity contribution in [1.29, 1.82) is 0 Å². The number of nitrogens with zero attached hydrogens (tertiary/aromatic N) is 1. The molecule has 1 unspecified atom stereocenters. The van der Waals surface area contributed by atoms with Crippen LogP contribution in [0.2, 0.25) is 0 Å². The number of ether oxygens (including phenoxy) is 2. The zero-order chi connectivity index (χ0) is 17.2. The summed E-state index contributed by atoms with van der Waals surface area (Å²) >= 11 is 0. The van der Waals surface area contributed by atoms with E-state index in [4.69, 9.17) is 9.47 Å². The minimum Gasteiger partial charge on any atom is -0.497 e. The van der Waals surface area contributed by atoms with Crippen LogP contribution >= 0.6 is 0 Å². The highest BCUT2D eigenvalue weighted by Crippen LogP contribution is 2.39. The van der Waals surface area contributed by atoms with Gasteiger partial charge in [-0.25, -0.2) is 4.79 Å². The quantitative estimate of drug-likeness (QED) is 0.791. The highest BCUT2D eigenvalue weighted by atomic mass is 16.6. The van der Waals surface area contributed by atoms with Gasteiger partial charge in [-0.05, 0) is 43.4 Å². The molecule has 0 spiro atoms. The Balaban J connectivity index is 2.01. The van der Waals surface area contributed by atoms with Crippen molar-refractivity contribution in [3.8, 4) is 5.75 Å². The van der Waals surface area contributed by atoms with Crippen molar-refractivity contribution in [3.05, 3.63) is 65.2 Å². The molecule has 0 amide bonds. The summed E-state index contributed by atoms with van der Waals surface area (Å²) < 4.78 is 11.3. The first-order chi connectivity index (χ1) is 11.5. The molecule has 2 aromatic rings. The zero-order valence-electron chi connectivity index (χ0n) is 14.4. The molecule has 1 aliphatic heterocycles. The van der Waals surface area contributed by atoms with Gasteiger partial charge in [0.05, 0.1) is 12.7 Å². The van der Waals surface area contributed by atoms with Gasteiger partial charge >= 0.3 is 5.97 Å². The number of methoxy groups -OCH3 is 1. The summed E-state index contributed by atoms with van der Waals surface area (Å²) in [6.07, 6.45) is 1.43. The number of carbonyl (C=O) groups excluding carboxylic acids is 1. The SMILES string of the molecule is COc1ccc(C2(CCN(C)C)Cc3ccccc3C(=O)O2)cc1. The van der Waals surface area contributed by atoms with E-state index in [2.05, 4.69) is 4.90 Å². The molecule has 0 bridgehead atoms. The molecule has 4 nitrogen and oxygen atoms in total. The monoisotopic (exact) mass is 325 g/mol. The number of hydrogen-bond acceptors (Lipinski definition) is 4. The smallest absolute Gasteiger partial charge is 0.339 e. The van der Waals surface area contributed by atoms with Crippen molar-refractivity contribution >= 4 is 5.97 Å². The Labute approximate surface area is 143 Å². The summed E-state index contributed by atoms with van der Waals surface area (Å²) in [6.45, 7) is 0.835. The van der Waals surface area contributed by atoms with Crippen LogP contribution in [0.5, 0.6) is 5.75 Å². The second-order valence-corrected chi connectivity index (χ2v) is 6.50. The molecule has 1 heterocycles. The van der Waals surface area contributed by atoms with Crippen LogP contribution < -0.4 is 4.74 Å². The maximum atomic E-state index is 12.6. The zero-order valence-corrected chi connectivity index (χ0v) is 14.4. The largest absolute Gasteiger partial charge is 0.497 e. The van der Waals surface area contributed by atoms with Crippen LogP contribution in [0, 0.1) is 0 Å². The summed E-state index contributed by atoms with van der Waals surface area (Å²) in [5.74, 6) is 0.551. The maximum Gasteiger partial charge on any atom is 0.339 e. The topological polar surface area (TPSA) is 38.8 Å². The van der Waals surface area contributed by atoms with E-state index in [0.29, 0.717) is 12.0 Å². The summed E-state index contributed by atoms with van der Waals surface area (Å²) in [5.41, 5.74) is 2.09. The van der Waals surface area contributed by atoms with Crippen LogP contribution in [0.1, 0.15) is 27.9 Å². The van der Waals surface area contributed by atoms with Gasteiger partial charge in [-0.2, -0.15) is 0 Å². The van der Waals surface area contributed by atoms with Crippen molar-refractivity contribution in [1.82, 2.24) is 4.90 Å². The Kier molecular flexibility index (Phi) is 4.58. The molecule has 126 valence electrons. The molecule has 0 saturated carbocycles. The van der Waals surface area contributed by atoms with Crippen molar-refractivity contribution in [2.24, 2.45) is 0 Å². The third kappa shape index (κ3) is 3.15. The second-order valence-electron chi connectivity index (χ2n) is 6.50. The summed E-state index contributed by atoms with van der Waals surface area (Å²) in [7, 11) is 5.70. The van der Waals surface area contributed by atoms with Crippen LogP contribution in [0.3, 0.4) is 0 Å². The Bertz CT molecular complexity index is 724. The fourth-order valence-electron chi connectivity index (χ4n) is 3.19. The highest BCUT2D eigenvalue weighted by molar-refractivity contribution is 5.92. The molecular weight excluding hydrogens is 302 g/mol. The summed E-state index contributed by atoms with van der Waals surface area (Å²) in [6, 6.07) is 15.5. The lowest BCUT2D eigenvalue weighted by Crippen LogP contribution is -2.41. The van der Waals surface area contributed by atoms with E-state index in [9.17, 15) is 4.79 Å². The Morgan fingerprint density at radius 2 is 1.83 bits per heavy atom. The van der Waals surface area contributed by atoms with Gasteiger partial charge < -0.3 is 14.4 Å². The molecular formula is C20H23NO3. The third-order valence-corrected chi connectivity index (χ3v) is 4.58. The fourth-order valence-corrected chi connectivity index (χ4v) is 3.19. The Morgan fingerprint density at radius 3 is 2.50 bits per heavy atom. The van der Waals surface area contributed by atoms with Gasteiger partial charge in [-0.15, -0.1) is 0 Å². The maximum absolute atomic E-state index is 12.6. The third-order valence-electron chi connectivity index (χ3n) is 4.58. The molecule has 0 N–H and O–H groups in total. The lowest BCUT2D eigenvalue weighted by molar-refractivity contribution is -0.0355. The molecule has 1 atom stereocenters. The number of hydrogen-bond donors (Lipinski definition) is 0. The van der Waals surface area contributed by atoms with Gasteiger partial charge in [0.25, 0.3) is 0 Å². The van der Waals surface area contributed by atoms with Crippen LogP contribution in [-0.2, 0) is 16.8 Å². The molecule has 0 radical (unpaired) electrons. The van der Waals surface area contributed by atoms with Gasteiger partial charge in [0.15, 0.2) is 0 Å². The van der Waals surface area contributed by atoms with E-state index in [1.807, 2.05) is 62.6 Å². The number of carbonyl (C=O) groups is 1. The predicted molar refractivity (Wildman–Crippen MR) is 93.4 cm³/mol. The predicted octanol–water partition coefficient (Wildman–Crippen LogP) is 3.26. The average Bonchev–Trinajstić information content (AvgIpc) is 2.60. The molecule has 0 fully saturated rings. The number of rotatable bonds is 5. The van der Waals surface area contributed by atoms with Gasteiger partial charge in [-0.3, -0.25) is 0 Å². The highest BCUT2D eigenvalue weighted by Gasteiger charge is 2.41. The molecule has 0 aromatic heterocycles. The van der Waals surface area contributed by atoms with E-state index in [1.165, 1.54) is 0 Å². The number of cyclic esters (lactones) is 1. The minimum atomic E-state index is -0.637. The molecule has 3 rings (SSSR count). The van der Waals surface area contributed by atoms with Gasteiger partial charge in [-0.1, -0.05) is 30.3 Å². The normalized spacial score (nSPS) is 19.8. The van der Waals surface area contributed by atoms with Gasteiger partial charge in [0, 0.05) is 19.4 Å². The molecule has 0 saturated heterocycles. The standard InChI is InChI=1S/C20H23NO3/c1-21(2)13-12-20(16-8-10-17(23-3)11-9-16)14-15-6-4-5-7-18(15)19(22)24-20/h4-11H,12-14H2,1-3H3. The molecule has 4 heteroatoms. The minimum absolute atomic E-state index is 0.244. The van der Waals surface area contributed by atoms with Crippen molar-refractivity contribution in [2.45, 2.75) is 18.4 Å². The van der Waals surface area contributed by atoms with E-state index in [-0.39, 0.29) is 5.97 Å². The first kappa shape index (κ1) is 16.5. The first-order valence-corrected chi connectivity index (χ1v) is 8.14. The molecule has 24 heavy (non-hydrogen) atoms. The van der Waals surface area contributed by atoms with Crippen LogP contribution in [-0.4, -0.2) is 38.6 Å². The first-order valence-electron chi connectivity index (χ1n) is 8.14. The lowest BCUT2D eigenvalue weighted by Gasteiger charge is -2.39. The van der Waals surface area contributed by atoms with E-state index < -0.39 is 5.60 Å². The van der Waals surface area contributed by atoms with Crippen LogP contribution in [0.4, 0.5) is 0 Å². The molecule has 2 aromatic carbocycles. The fraction of sp³-hybridized carbons (Fsp3) is 0.350. The van der Waals surface area contributed by atoms with Crippen molar-refractivity contribution < 1.29 is 14.3 Å².